The van der Waals surface area contributed by atoms with Crippen molar-refractivity contribution >= 4 is 18.3 Å². The summed E-state index contributed by atoms with van der Waals surface area (Å²) in [4.78, 5) is 11.8. The SMILES string of the molecule is COCCNC(=O)c1cc(F)c(C2CCNCC2)cc1F.Cl. The number of rotatable bonds is 5. The minimum absolute atomic E-state index is 0. The van der Waals surface area contributed by atoms with Gasteiger partial charge in [-0.1, -0.05) is 0 Å². The number of piperidine rings is 1. The quantitative estimate of drug-likeness (QED) is 0.812. The molecule has 0 radical (unpaired) electrons. The second kappa shape index (κ2) is 9.02. The number of amides is 1. The number of benzene rings is 1. The molecule has 1 aromatic carbocycles. The number of hydrogen-bond acceptors (Lipinski definition) is 3. The molecule has 2 rings (SSSR count). The molecule has 0 bridgehead atoms. The van der Waals surface area contributed by atoms with Gasteiger partial charge in [0, 0.05) is 13.7 Å². The Hall–Kier alpha value is -1.24. The van der Waals surface area contributed by atoms with Crippen molar-refractivity contribution in [1.82, 2.24) is 10.6 Å². The largest absolute Gasteiger partial charge is 0.383 e. The zero-order valence-electron chi connectivity index (χ0n) is 12.5. The molecule has 0 atom stereocenters. The highest BCUT2D eigenvalue weighted by Crippen LogP contribution is 2.29. The van der Waals surface area contributed by atoms with E-state index in [1.54, 1.807) is 0 Å². The van der Waals surface area contributed by atoms with Gasteiger partial charge in [0.1, 0.15) is 11.6 Å². The molecule has 0 aromatic heterocycles. The van der Waals surface area contributed by atoms with E-state index in [2.05, 4.69) is 10.6 Å². The Morgan fingerprint density at radius 2 is 2.00 bits per heavy atom. The summed E-state index contributed by atoms with van der Waals surface area (Å²) in [5, 5.41) is 5.67. The van der Waals surface area contributed by atoms with Crippen molar-refractivity contribution in [2.45, 2.75) is 18.8 Å². The molecule has 1 aromatic rings. The van der Waals surface area contributed by atoms with E-state index in [1.807, 2.05) is 0 Å². The van der Waals surface area contributed by atoms with Gasteiger partial charge < -0.3 is 15.4 Å². The molecule has 1 aliphatic rings. The smallest absolute Gasteiger partial charge is 0.254 e. The van der Waals surface area contributed by atoms with Crippen molar-refractivity contribution in [3.63, 3.8) is 0 Å². The van der Waals surface area contributed by atoms with Gasteiger partial charge in [0.2, 0.25) is 0 Å². The number of methoxy groups -OCH3 is 1. The van der Waals surface area contributed by atoms with E-state index in [-0.39, 0.29) is 30.4 Å². The Balaban J connectivity index is 0.00000242. The molecule has 7 heteroatoms. The van der Waals surface area contributed by atoms with E-state index in [0.717, 1.165) is 38.1 Å². The van der Waals surface area contributed by atoms with Gasteiger partial charge in [-0.2, -0.15) is 0 Å². The molecule has 2 N–H and O–H groups in total. The van der Waals surface area contributed by atoms with Gasteiger partial charge in [0.15, 0.2) is 0 Å². The second-order valence-electron chi connectivity index (χ2n) is 5.13. The van der Waals surface area contributed by atoms with Crippen molar-refractivity contribution in [3.05, 3.63) is 34.9 Å². The first kappa shape index (κ1) is 18.8. The van der Waals surface area contributed by atoms with Crippen LogP contribution >= 0.6 is 12.4 Å². The zero-order valence-corrected chi connectivity index (χ0v) is 13.3. The molecular formula is C15H21ClF2N2O2. The van der Waals surface area contributed by atoms with E-state index in [9.17, 15) is 13.6 Å². The Morgan fingerprint density at radius 3 is 2.64 bits per heavy atom. The third-order valence-corrected chi connectivity index (χ3v) is 3.70. The van der Waals surface area contributed by atoms with Crippen molar-refractivity contribution < 1.29 is 18.3 Å². The number of halogens is 3. The maximum atomic E-state index is 14.2. The van der Waals surface area contributed by atoms with Crippen LogP contribution in [0.25, 0.3) is 0 Å². The van der Waals surface area contributed by atoms with Gasteiger partial charge in [-0.3, -0.25) is 4.79 Å². The monoisotopic (exact) mass is 334 g/mol. The molecule has 1 amide bonds. The molecule has 124 valence electrons. The number of nitrogens with one attached hydrogen (secondary N) is 2. The van der Waals surface area contributed by atoms with Crippen LogP contribution in [0.1, 0.15) is 34.7 Å². The van der Waals surface area contributed by atoms with Gasteiger partial charge in [0.25, 0.3) is 5.91 Å². The van der Waals surface area contributed by atoms with Crippen LogP contribution in [0.2, 0.25) is 0 Å². The first-order chi connectivity index (χ1) is 10.1. The van der Waals surface area contributed by atoms with Crippen LogP contribution in [0.3, 0.4) is 0 Å². The lowest BCUT2D eigenvalue weighted by molar-refractivity contribution is 0.0932. The maximum absolute atomic E-state index is 14.2. The summed E-state index contributed by atoms with van der Waals surface area (Å²) in [6.07, 6.45) is 1.55. The summed E-state index contributed by atoms with van der Waals surface area (Å²) in [5.41, 5.74) is 0.101. The minimum Gasteiger partial charge on any atom is -0.383 e. The van der Waals surface area contributed by atoms with Crippen LogP contribution in [0.15, 0.2) is 12.1 Å². The Labute approximate surface area is 135 Å². The summed E-state index contributed by atoms with van der Waals surface area (Å²) in [6, 6.07) is 2.16. The lowest BCUT2D eigenvalue weighted by atomic mass is 9.89. The maximum Gasteiger partial charge on any atom is 0.254 e. The normalized spacial score (nSPS) is 15.2. The lowest BCUT2D eigenvalue weighted by Gasteiger charge is -2.23. The van der Waals surface area contributed by atoms with Crippen molar-refractivity contribution in [2.75, 3.05) is 33.4 Å². The van der Waals surface area contributed by atoms with Crippen LogP contribution in [-0.2, 0) is 4.74 Å². The average molecular weight is 335 g/mol. The van der Waals surface area contributed by atoms with E-state index in [0.29, 0.717) is 12.2 Å². The molecule has 0 spiro atoms. The third kappa shape index (κ3) is 4.63. The van der Waals surface area contributed by atoms with Crippen molar-refractivity contribution in [2.24, 2.45) is 0 Å². The van der Waals surface area contributed by atoms with Crippen LogP contribution in [0.4, 0.5) is 8.78 Å². The summed E-state index contributed by atoms with van der Waals surface area (Å²) >= 11 is 0. The number of hydrogen-bond donors (Lipinski definition) is 2. The van der Waals surface area contributed by atoms with Crippen LogP contribution in [0, 0.1) is 11.6 Å². The Kier molecular flexibility index (Phi) is 7.72. The van der Waals surface area contributed by atoms with Gasteiger partial charge in [-0.25, -0.2) is 8.78 Å². The van der Waals surface area contributed by atoms with Crippen molar-refractivity contribution in [3.8, 4) is 0 Å². The van der Waals surface area contributed by atoms with Crippen LogP contribution in [-0.4, -0.2) is 39.3 Å². The fourth-order valence-corrected chi connectivity index (χ4v) is 2.54. The van der Waals surface area contributed by atoms with Gasteiger partial charge in [-0.15, -0.1) is 12.4 Å². The van der Waals surface area contributed by atoms with Crippen molar-refractivity contribution in [1.29, 1.82) is 0 Å². The van der Waals surface area contributed by atoms with Gasteiger partial charge in [0.05, 0.1) is 12.2 Å². The number of carbonyl (C=O) groups excluding carboxylic acids is 1. The standard InChI is InChI=1S/C15H20F2N2O2.ClH/c1-21-7-6-19-15(20)12-9-13(16)11(8-14(12)17)10-2-4-18-5-3-10;/h8-10,18H,2-7H2,1H3,(H,19,20);1H. The molecule has 1 aliphatic heterocycles. The third-order valence-electron chi connectivity index (χ3n) is 3.70. The van der Waals surface area contributed by atoms with Crippen LogP contribution in [0.5, 0.6) is 0 Å². The average Bonchev–Trinajstić information content (AvgIpc) is 2.50. The molecule has 22 heavy (non-hydrogen) atoms. The molecule has 4 nitrogen and oxygen atoms in total. The molecule has 1 fully saturated rings. The highest BCUT2D eigenvalue weighted by atomic mass is 35.5. The summed E-state index contributed by atoms with van der Waals surface area (Å²) < 4.78 is 33.0. The van der Waals surface area contributed by atoms with E-state index < -0.39 is 17.5 Å². The molecule has 0 saturated carbocycles. The molecule has 1 heterocycles. The molecular weight excluding hydrogens is 314 g/mol. The van der Waals surface area contributed by atoms with Gasteiger partial charge in [-0.05, 0) is 49.5 Å². The zero-order chi connectivity index (χ0) is 15.2. The highest BCUT2D eigenvalue weighted by Gasteiger charge is 2.22. The molecule has 1 saturated heterocycles. The number of carbonyl (C=O) groups is 1. The van der Waals surface area contributed by atoms with E-state index in [1.165, 1.54) is 7.11 Å². The lowest BCUT2D eigenvalue weighted by Crippen LogP contribution is -2.29. The Morgan fingerprint density at radius 1 is 1.32 bits per heavy atom. The predicted octanol–water partition coefficient (Wildman–Crippen LogP) is 2.23. The summed E-state index contributed by atoms with van der Waals surface area (Å²) in [6.45, 7) is 2.17. The summed E-state index contributed by atoms with van der Waals surface area (Å²) in [7, 11) is 1.50. The Bertz CT molecular complexity index is 509. The van der Waals surface area contributed by atoms with E-state index in [4.69, 9.17) is 4.74 Å². The summed E-state index contributed by atoms with van der Waals surface area (Å²) in [5.74, 6) is -1.81. The minimum atomic E-state index is -0.681. The topological polar surface area (TPSA) is 50.4 Å². The fourth-order valence-electron chi connectivity index (χ4n) is 2.54. The first-order valence-corrected chi connectivity index (χ1v) is 7.10. The second-order valence-corrected chi connectivity index (χ2v) is 5.13. The van der Waals surface area contributed by atoms with Crippen LogP contribution < -0.4 is 10.6 Å². The first-order valence-electron chi connectivity index (χ1n) is 7.10. The van der Waals surface area contributed by atoms with E-state index >= 15 is 0 Å². The molecule has 0 aliphatic carbocycles. The fraction of sp³-hybridized carbons (Fsp3) is 0.533. The number of ether oxygens (including phenoxy) is 1. The van der Waals surface area contributed by atoms with Gasteiger partial charge >= 0.3 is 0 Å². The molecule has 0 unspecified atom stereocenters. The predicted molar refractivity (Wildman–Crippen MR) is 82.7 cm³/mol. The highest BCUT2D eigenvalue weighted by molar-refractivity contribution is 5.94.